The molecule has 2 rings (SSSR count). The van der Waals surface area contributed by atoms with Crippen LogP contribution < -0.4 is 11.0 Å². The summed E-state index contributed by atoms with van der Waals surface area (Å²) in [5.74, 6) is -0.489. The van der Waals surface area contributed by atoms with Crippen molar-refractivity contribution in [1.29, 1.82) is 0 Å². The zero-order chi connectivity index (χ0) is 13.0. The van der Waals surface area contributed by atoms with E-state index in [0.29, 0.717) is 17.3 Å². The molecule has 0 saturated heterocycles. The second-order valence-corrected chi connectivity index (χ2v) is 3.77. The minimum Gasteiger partial charge on any atom is -0.289 e. The summed E-state index contributed by atoms with van der Waals surface area (Å²) in [4.78, 5) is 22.8. The Morgan fingerprint density at radius 3 is 2.94 bits per heavy atom. The van der Waals surface area contributed by atoms with E-state index in [-0.39, 0.29) is 18.5 Å². The third-order valence-corrected chi connectivity index (χ3v) is 2.53. The van der Waals surface area contributed by atoms with Crippen LogP contribution >= 0.6 is 0 Å². The van der Waals surface area contributed by atoms with Gasteiger partial charge in [0.1, 0.15) is 5.52 Å². The van der Waals surface area contributed by atoms with Crippen molar-refractivity contribution in [3.05, 3.63) is 34.6 Å². The first-order valence-electron chi connectivity index (χ1n) is 5.48. The molecule has 7 heteroatoms. The number of nitrogens with one attached hydrogen (secondary N) is 1. The van der Waals surface area contributed by atoms with Crippen molar-refractivity contribution >= 4 is 16.8 Å². The van der Waals surface area contributed by atoms with Crippen LogP contribution in [0.1, 0.15) is 12.8 Å². The average molecular weight is 248 g/mol. The van der Waals surface area contributed by atoms with E-state index in [2.05, 4.69) is 10.3 Å². The van der Waals surface area contributed by atoms with E-state index in [1.165, 1.54) is 10.2 Å². The summed E-state index contributed by atoms with van der Waals surface area (Å²) in [5.41, 5.74) is 1.85. The minimum atomic E-state index is -0.489. The maximum atomic E-state index is 12.0. The molecule has 1 aromatic heterocycles. The smallest absolute Gasteiger partial charge is 0.277 e. The van der Waals surface area contributed by atoms with Crippen molar-refractivity contribution in [2.45, 2.75) is 19.4 Å². The normalized spacial score (nSPS) is 10.5. The predicted molar refractivity (Wildman–Crippen MR) is 63.0 cm³/mol. The van der Waals surface area contributed by atoms with Crippen molar-refractivity contribution in [1.82, 2.24) is 20.5 Å². The van der Waals surface area contributed by atoms with Crippen LogP contribution in [-0.4, -0.2) is 26.1 Å². The Hall–Kier alpha value is -2.28. The first kappa shape index (κ1) is 12.2. The van der Waals surface area contributed by atoms with Gasteiger partial charge < -0.3 is 0 Å². The number of carbonyl (C=O) groups is 1. The lowest BCUT2D eigenvalue weighted by Crippen LogP contribution is -2.25. The fourth-order valence-corrected chi connectivity index (χ4v) is 1.62. The summed E-state index contributed by atoms with van der Waals surface area (Å²) in [6.07, 6.45) is 0.525. The van der Waals surface area contributed by atoms with Gasteiger partial charge in [-0.15, -0.1) is 5.10 Å². The van der Waals surface area contributed by atoms with Gasteiger partial charge in [0.25, 0.3) is 5.56 Å². The van der Waals surface area contributed by atoms with Crippen LogP contribution in [0.2, 0.25) is 0 Å². The van der Waals surface area contributed by atoms with Gasteiger partial charge in [0.15, 0.2) is 0 Å². The summed E-state index contributed by atoms with van der Waals surface area (Å²) >= 11 is 0. The standard InChI is InChI=1S/C11H12N4O3/c16-10(13-18)6-3-7-15-11(17)8-4-1-2-5-9(8)12-14-15/h1-2,4-5,18H,3,6-7H2,(H,13,16). The first-order valence-corrected chi connectivity index (χ1v) is 5.48. The van der Waals surface area contributed by atoms with E-state index in [9.17, 15) is 9.59 Å². The first-order chi connectivity index (χ1) is 8.72. The van der Waals surface area contributed by atoms with Gasteiger partial charge in [-0.25, -0.2) is 10.2 Å². The van der Waals surface area contributed by atoms with Crippen LogP contribution in [0, 0.1) is 0 Å². The number of amides is 1. The number of benzene rings is 1. The number of aryl methyl sites for hydroxylation is 1. The average Bonchev–Trinajstić information content (AvgIpc) is 2.41. The largest absolute Gasteiger partial charge is 0.289 e. The van der Waals surface area contributed by atoms with Gasteiger partial charge in [-0.2, -0.15) is 0 Å². The maximum absolute atomic E-state index is 12.0. The van der Waals surface area contributed by atoms with Crippen molar-refractivity contribution in [3.8, 4) is 0 Å². The van der Waals surface area contributed by atoms with Crippen molar-refractivity contribution in [3.63, 3.8) is 0 Å². The molecule has 0 bridgehead atoms. The molecule has 2 aromatic rings. The van der Waals surface area contributed by atoms with E-state index in [1.807, 2.05) is 0 Å². The Balaban J connectivity index is 2.17. The SMILES string of the molecule is O=C(CCCn1nnc2ccccc2c1=O)NO. The zero-order valence-electron chi connectivity index (χ0n) is 9.54. The lowest BCUT2D eigenvalue weighted by molar-refractivity contribution is -0.129. The molecule has 0 aliphatic rings. The molecule has 7 nitrogen and oxygen atoms in total. The monoisotopic (exact) mass is 248 g/mol. The van der Waals surface area contributed by atoms with Gasteiger partial charge in [0.2, 0.25) is 5.91 Å². The molecule has 1 heterocycles. The Morgan fingerprint density at radius 1 is 1.39 bits per heavy atom. The lowest BCUT2D eigenvalue weighted by Gasteiger charge is -2.03. The van der Waals surface area contributed by atoms with Crippen molar-refractivity contribution in [2.24, 2.45) is 0 Å². The number of rotatable bonds is 4. The van der Waals surface area contributed by atoms with E-state index < -0.39 is 5.91 Å². The molecule has 0 atom stereocenters. The van der Waals surface area contributed by atoms with Gasteiger partial charge in [0.05, 0.1) is 5.39 Å². The van der Waals surface area contributed by atoms with E-state index in [0.717, 1.165) is 0 Å². The molecule has 0 aliphatic heterocycles. The fraction of sp³-hybridized carbons (Fsp3) is 0.273. The molecule has 1 aromatic carbocycles. The molecule has 0 saturated carbocycles. The van der Waals surface area contributed by atoms with Crippen LogP contribution in [0.25, 0.3) is 10.9 Å². The number of hydrogen-bond acceptors (Lipinski definition) is 5. The Kier molecular flexibility index (Phi) is 3.63. The molecular formula is C11H12N4O3. The summed E-state index contributed by atoms with van der Waals surface area (Å²) in [5, 5.41) is 16.5. The Morgan fingerprint density at radius 2 is 2.17 bits per heavy atom. The van der Waals surface area contributed by atoms with Gasteiger partial charge >= 0.3 is 0 Å². The predicted octanol–water partition coefficient (Wildman–Crippen LogP) is 0.0771. The summed E-state index contributed by atoms with van der Waals surface area (Å²) < 4.78 is 1.22. The molecule has 0 unspecified atom stereocenters. The number of fused-ring (bicyclic) bond motifs is 1. The molecule has 0 radical (unpaired) electrons. The molecule has 94 valence electrons. The number of carbonyl (C=O) groups excluding carboxylic acids is 1. The van der Waals surface area contributed by atoms with Crippen LogP contribution in [0.3, 0.4) is 0 Å². The summed E-state index contributed by atoms with van der Waals surface area (Å²) in [6.45, 7) is 0.282. The Bertz CT molecular complexity index is 623. The highest BCUT2D eigenvalue weighted by Gasteiger charge is 2.05. The van der Waals surface area contributed by atoms with Gasteiger partial charge in [-0.1, -0.05) is 17.3 Å². The summed E-state index contributed by atoms with van der Waals surface area (Å²) in [6, 6.07) is 6.94. The van der Waals surface area contributed by atoms with Crippen molar-refractivity contribution < 1.29 is 10.0 Å². The molecule has 2 N–H and O–H groups in total. The Labute approximate surface area is 102 Å². The van der Waals surface area contributed by atoms with Gasteiger partial charge in [-0.05, 0) is 18.6 Å². The lowest BCUT2D eigenvalue weighted by atomic mass is 10.2. The number of hydroxylamine groups is 1. The third-order valence-electron chi connectivity index (χ3n) is 2.53. The third kappa shape index (κ3) is 2.51. The van der Waals surface area contributed by atoms with Crippen LogP contribution in [0.15, 0.2) is 29.1 Å². The maximum Gasteiger partial charge on any atom is 0.277 e. The summed E-state index contributed by atoms with van der Waals surface area (Å²) in [7, 11) is 0. The number of aromatic nitrogens is 3. The topological polar surface area (TPSA) is 97.1 Å². The van der Waals surface area contributed by atoms with Crippen LogP contribution in [0.4, 0.5) is 0 Å². The molecule has 0 fully saturated rings. The van der Waals surface area contributed by atoms with E-state index in [4.69, 9.17) is 5.21 Å². The quantitative estimate of drug-likeness (QED) is 0.589. The van der Waals surface area contributed by atoms with Gasteiger partial charge in [0, 0.05) is 13.0 Å². The highest BCUT2D eigenvalue weighted by Crippen LogP contribution is 2.03. The number of hydrogen-bond donors (Lipinski definition) is 2. The molecule has 18 heavy (non-hydrogen) atoms. The highest BCUT2D eigenvalue weighted by molar-refractivity contribution is 5.76. The molecule has 0 spiro atoms. The van der Waals surface area contributed by atoms with Crippen LogP contribution in [-0.2, 0) is 11.3 Å². The zero-order valence-corrected chi connectivity index (χ0v) is 9.54. The number of nitrogens with zero attached hydrogens (tertiary/aromatic N) is 3. The second-order valence-electron chi connectivity index (χ2n) is 3.77. The van der Waals surface area contributed by atoms with E-state index >= 15 is 0 Å². The molecule has 1 amide bonds. The molecule has 0 aliphatic carbocycles. The van der Waals surface area contributed by atoms with Crippen LogP contribution in [0.5, 0.6) is 0 Å². The van der Waals surface area contributed by atoms with Crippen molar-refractivity contribution in [2.75, 3.05) is 0 Å². The van der Waals surface area contributed by atoms with E-state index in [1.54, 1.807) is 24.3 Å². The second kappa shape index (κ2) is 5.37. The molecular weight excluding hydrogens is 236 g/mol. The minimum absolute atomic E-state index is 0.122. The fourth-order valence-electron chi connectivity index (χ4n) is 1.62. The highest BCUT2D eigenvalue weighted by atomic mass is 16.5. The van der Waals surface area contributed by atoms with Gasteiger partial charge in [-0.3, -0.25) is 14.8 Å².